The summed E-state index contributed by atoms with van der Waals surface area (Å²) < 4.78 is 1.01. The molecule has 20 heavy (non-hydrogen) atoms. The molecular formula is C17H20BrNO. The summed E-state index contributed by atoms with van der Waals surface area (Å²) in [6.07, 6.45) is -0.442. The van der Waals surface area contributed by atoms with E-state index >= 15 is 0 Å². The molecule has 2 aromatic rings. The molecule has 0 radical (unpaired) electrons. The second-order valence-electron chi connectivity index (χ2n) is 5.23. The van der Waals surface area contributed by atoms with Gasteiger partial charge in [0.1, 0.15) is 0 Å². The zero-order chi connectivity index (χ0) is 14.7. The van der Waals surface area contributed by atoms with Crippen molar-refractivity contribution in [1.82, 2.24) is 0 Å². The molecule has 3 heteroatoms. The predicted molar refractivity (Wildman–Crippen MR) is 88.1 cm³/mol. The highest BCUT2D eigenvalue weighted by molar-refractivity contribution is 9.10. The van der Waals surface area contributed by atoms with Crippen LogP contribution >= 0.6 is 15.9 Å². The maximum absolute atomic E-state index is 9.61. The Morgan fingerprint density at radius 1 is 1.20 bits per heavy atom. The van der Waals surface area contributed by atoms with Crippen molar-refractivity contribution in [2.45, 2.75) is 26.5 Å². The fourth-order valence-corrected chi connectivity index (χ4v) is 2.96. The molecule has 0 fully saturated rings. The van der Waals surface area contributed by atoms with Gasteiger partial charge in [-0.1, -0.05) is 35.9 Å². The predicted octanol–water partition coefficient (Wildman–Crippen LogP) is 4.45. The van der Waals surface area contributed by atoms with Crippen molar-refractivity contribution in [2.24, 2.45) is 0 Å². The Hall–Kier alpha value is -1.32. The lowest BCUT2D eigenvalue weighted by Crippen LogP contribution is -2.17. The Kier molecular flexibility index (Phi) is 4.84. The molecule has 106 valence electrons. The van der Waals surface area contributed by atoms with E-state index in [1.807, 2.05) is 18.2 Å². The van der Waals surface area contributed by atoms with E-state index in [1.165, 1.54) is 11.1 Å². The van der Waals surface area contributed by atoms with Gasteiger partial charge in [-0.15, -0.1) is 0 Å². The van der Waals surface area contributed by atoms with Crippen LogP contribution in [0.1, 0.15) is 29.7 Å². The van der Waals surface area contributed by atoms with E-state index in [0.717, 1.165) is 22.3 Å². The quantitative estimate of drug-likeness (QED) is 0.893. The molecule has 0 saturated carbocycles. The summed E-state index contributed by atoms with van der Waals surface area (Å²) in [5.41, 5.74) is 4.61. The van der Waals surface area contributed by atoms with Crippen molar-refractivity contribution in [3.05, 3.63) is 63.6 Å². The van der Waals surface area contributed by atoms with Gasteiger partial charge in [-0.3, -0.25) is 0 Å². The molecule has 1 unspecified atom stereocenters. The van der Waals surface area contributed by atoms with E-state index in [-0.39, 0.29) is 0 Å². The third-order valence-electron chi connectivity index (χ3n) is 3.37. The van der Waals surface area contributed by atoms with Gasteiger partial charge in [-0.05, 0) is 53.0 Å². The largest absolute Gasteiger partial charge is 0.389 e. The van der Waals surface area contributed by atoms with Crippen molar-refractivity contribution in [3.63, 3.8) is 0 Å². The Balaban J connectivity index is 2.19. The Bertz CT molecular complexity index is 595. The van der Waals surface area contributed by atoms with Crippen LogP contribution in [0.15, 0.2) is 46.9 Å². The first kappa shape index (κ1) is 15.1. The van der Waals surface area contributed by atoms with Crippen LogP contribution in [0.25, 0.3) is 0 Å². The number of hydrogen-bond donors (Lipinski definition) is 1. The molecule has 2 aromatic carbocycles. The summed E-state index contributed by atoms with van der Waals surface area (Å²) in [5.74, 6) is 0. The molecule has 0 aliphatic carbocycles. The lowest BCUT2D eigenvalue weighted by molar-refractivity contribution is 0.199. The van der Waals surface area contributed by atoms with Gasteiger partial charge in [-0.25, -0.2) is 0 Å². The van der Waals surface area contributed by atoms with Crippen molar-refractivity contribution in [3.8, 4) is 0 Å². The first-order chi connectivity index (χ1) is 9.47. The average molecular weight is 334 g/mol. The maximum atomic E-state index is 9.61. The monoisotopic (exact) mass is 333 g/mol. The third-order valence-corrected chi connectivity index (χ3v) is 4.00. The molecular weight excluding hydrogens is 314 g/mol. The maximum Gasteiger partial charge on any atom is 0.0762 e. The van der Waals surface area contributed by atoms with Crippen LogP contribution in [0.2, 0.25) is 0 Å². The van der Waals surface area contributed by atoms with Crippen LogP contribution in [0.5, 0.6) is 0 Å². The molecule has 0 spiro atoms. The van der Waals surface area contributed by atoms with Crippen LogP contribution in [-0.2, 0) is 6.54 Å². The number of rotatable bonds is 4. The van der Waals surface area contributed by atoms with Gasteiger partial charge in [0.25, 0.3) is 0 Å². The van der Waals surface area contributed by atoms with E-state index in [2.05, 4.69) is 59.1 Å². The van der Waals surface area contributed by atoms with Crippen LogP contribution in [0.4, 0.5) is 5.69 Å². The molecule has 0 aromatic heterocycles. The Morgan fingerprint density at radius 2 is 1.95 bits per heavy atom. The lowest BCUT2D eigenvalue weighted by atomic mass is 10.1. The lowest BCUT2D eigenvalue weighted by Gasteiger charge is -2.22. The summed E-state index contributed by atoms with van der Waals surface area (Å²) in [7, 11) is 2.07. The standard InChI is InChI=1S/C17H20BrNO/c1-12-5-4-6-14(9-12)11-19(3)17-8-7-15(13(2)20)10-16(17)18/h4-10,13,20H,11H2,1-3H3. The van der Waals surface area contributed by atoms with Crippen molar-refractivity contribution in [2.75, 3.05) is 11.9 Å². The van der Waals surface area contributed by atoms with Crippen LogP contribution in [0.3, 0.4) is 0 Å². The fraction of sp³-hybridized carbons (Fsp3) is 0.294. The zero-order valence-corrected chi connectivity index (χ0v) is 13.7. The number of aliphatic hydroxyl groups is 1. The summed E-state index contributed by atoms with van der Waals surface area (Å²) in [4.78, 5) is 2.20. The van der Waals surface area contributed by atoms with E-state index in [0.29, 0.717) is 0 Å². The van der Waals surface area contributed by atoms with Crippen molar-refractivity contribution < 1.29 is 5.11 Å². The Morgan fingerprint density at radius 3 is 2.55 bits per heavy atom. The number of halogens is 1. The zero-order valence-electron chi connectivity index (χ0n) is 12.1. The molecule has 1 N–H and O–H groups in total. The molecule has 2 nitrogen and oxygen atoms in total. The van der Waals surface area contributed by atoms with E-state index in [1.54, 1.807) is 6.92 Å². The first-order valence-electron chi connectivity index (χ1n) is 6.71. The average Bonchev–Trinajstić information content (AvgIpc) is 2.38. The second kappa shape index (κ2) is 6.42. The van der Waals surface area contributed by atoms with Gasteiger partial charge in [0.15, 0.2) is 0 Å². The van der Waals surface area contributed by atoms with Gasteiger partial charge in [0, 0.05) is 18.1 Å². The number of aliphatic hydroxyl groups excluding tert-OH is 1. The van der Waals surface area contributed by atoms with Gasteiger partial charge in [0.2, 0.25) is 0 Å². The van der Waals surface area contributed by atoms with Crippen LogP contribution in [0, 0.1) is 6.92 Å². The number of nitrogens with zero attached hydrogens (tertiary/aromatic N) is 1. The minimum Gasteiger partial charge on any atom is -0.389 e. The molecule has 0 amide bonds. The minimum absolute atomic E-state index is 0.442. The summed E-state index contributed by atoms with van der Waals surface area (Å²) in [6, 6.07) is 14.5. The van der Waals surface area contributed by atoms with E-state index in [9.17, 15) is 5.11 Å². The minimum atomic E-state index is -0.442. The third kappa shape index (κ3) is 3.62. The second-order valence-corrected chi connectivity index (χ2v) is 6.09. The van der Waals surface area contributed by atoms with Gasteiger partial charge < -0.3 is 10.0 Å². The normalized spacial score (nSPS) is 12.2. The molecule has 0 bridgehead atoms. The van der Waals surface area contributed by atoms with Crippen molar-refractivity contribution in [1.29, 1.82) is 0 Å². The summed E-state index contributed by atoms with van der Waals surface area (Å²) in [5, 5.41) is 9.61. The van der Waals surface area contributed by atoms with Crippen molar-refractivity contribution >= 4 is 21.6 Å². The highest BCUT2D eigenvalue weighted by Gasteiger charge is 2.09. The highest BCUT2D eigenvalue weighted by Crippen LogP contribution is 2.29. The molecule has 0 aliphatic heterocycles. The van der Waals surface area contributed by atoms with Gasteiger partial charge in [-0.2, -0.15) is 0 Å². The highest BCUT2D eigenvalue weighted by atomic mass is 79.9. The fourth-order valence-electron chi connectivity index (χ4n) is 2.26. The molecule has 1 atom stereocenters. The topological polar surface area (TPSA) is 23.5 Å². The van der Waals surface area contributed by atoms with Gasteiger partial charge in [0.05, 0.1) is 11.8 Å². The number of benzene rings is 2. The molecule has 0 saturated heterocycles. The number of hydrogen-bond acceptors (Lipinski definition) is 2. The number of anilines is 1. The van der Waals surface area contributed by atoms with E-state index in [4.69, 9.17) is 0 Å². The Labute approximate surface area is 129 Å². The SMILES string of the molecule is Cc1cccc(CN(C)c2ccc(C(C)O)cc2Br)c1. The number of aryl methyl sites for hydroxylation is 1. The molecule has 2 rings (SSSR count). The molecule has 0 aliphatic rings. The van der Waals surface area contributed by atoms with Crippen LogP contribution < -0.4 is 4.90 Å². The van der Waals surface area contributed by atoms with Gasteiger partial charge >= 0.3 is 0 Å². The van der Waals surface area contributed by atoms with Crippen LogP contribution in [-0.4, -0.2) is 12.2 Å². The summed E-state index contributed by atoms with van der Waals surface area (Å²) in [6.45, 7) is 4.74. The summed E-state index contributed by atoms with van der Waals surface area (Å²) >= 11 is 3.59. The smallest absolute Gasteiger partial charge is 0.0762 e. The van der Waals surface area contributed by atoms with E-state index < -0.39 is 6.10 Å². The molecule has 0 heterocycles. The first-order valence-corrected chi connectivity index (χ1v) is 7.51.